The highest BCUT2D eigenvalue weighted by Crippen LogP contribution is 1.96. The zero-order valence-electron chi connectivity index (χ0n) is 8.77. The number of hydrogen-bond acceptors (Lipinski definition) is 2. The molecule has 1 unspecified atom stereocenters. The molecule has 74 valence electrons. The van der Waals surface area contributed by atoms with Gasteiger partial charge in [0.2, 0.25) is 5.91 Å². The van der Waals surface area contributed by atoms with Gasteiger partial charge in [0.05, 0.1) is 12.6 Å². The van der Waals surface area contributed by atoms with E-state index in [2.05, 4.69) is 16.6 Å². The minimum absolute atomic E-state index is 0.0449. The van der Waals surface area contributed by atoms with Gasteiger partial charge in [-0.25, -0.2) is 0 Å². The summed E-state index contributed by atoms with van der Waals surface area (Å²) in [5.74, 6) is 2.36. The number of nitrogens with one attached hydrogen (secondary N) is 2. The number of carbonyl (C=O) groups excluding carboxylic acids is 1. The van der Waals surface area contributed by atoms with E-state index in [-0.39, 0.29) is 17.5 Å². The molecule has 0 rings (SSSR count). The van der Waals surface area contributed by atoms with Gasteiger partial charge in [-0.05, 0) is 27.7 Å². The third-order valence-corrected chi connectivity index (χ3v) is 1.41. The maximum atomic E-state index is 11.2. The molecule has 13 heavy (non-hydrogen) atoms. The minimum atomic E-state index is -0.200. The summed E-state index contributed by atoms with van der Waals surface area (Å²) in [6.07, 6.45) is 5.12. The summed E-state index contributed by atoms with van der Waals surface area (Å²) >= 11 is 0. The minimum Gasteiger partial charge on any atom is -0.342 e. The second-order valence-electron chi connectivity index (χ2n) is 4.06. The first kappa shape index (κ1) is 12.0. The van der Waals surface area contributed by atoms with Crippen molar-refractivity contribution >= 4 is 5.91 Å². The van der Waals surface area contributed by atoms with E-state index in [1.807, 2.05) is 20.8 Å². The summed E-state index contributed by atoms with van der Waals surface area (Å²) < 4.78 is 0. The molecule has 0 aromatic heterocycles. The lowest BCUT2D eigenvalue weighted by Crippen LogP contribution is -2.45. The SMILES string of the molecule is C#CC(C)NC(=O)CNC(C)(C)C. The molecule has 0 fully saturated rings. The van der Waals surface area contributed by atoms with Crippen molar-refractivity contribution in [1.29, 1.82) is 0 Å². The van der Waals surface area contributed by atoms with Crippen LogP contribution in [0.4, 0.5) is 0 Å². The fraction of sp³-hybridized carbons (Fsp3) is 0.700. The summed E-state index contributed by atoms with van der Waals surface area (Å²) in [5.41, 5.74) is -0.0449. The first-order chi connectivity index (χ1) is 5.85. The van der Waals surface area contributed by atoms with Crippen molar-refractivity contribution in [2.45, 2.75) is 39.3 Å². The zero-order chi connectivity index (χ0) is 10.5. The van der Waals surface area contributed by atoms with Crippen LogP contribution in [-0.4, -0.2) is 24.0 Å². The van der Waals surface area contributed by atoms with Gasteiger partial charge in [0.1, 0.15) is 0 Å². The second kappa shape index (κ2) is 4.88. The Hall–Kier alpha value is -1.01. The van der Waals surface area contributed by atoms with Crippen LogP contribution in [0.5, 0.6) is 0 Å². The Morgan fingerprint density at radius 1 is 1.54 bits per heavy atom. The molecule has 0 bridgehead atoms. The smallest absolute Gasteiger partial charge is 0.234 e. The van der Waals surface area contributed by atoms with Crippen molar-refractivity contribution < 1.29 is 4.79 Å². The molecule has 0 saturated carbocycles. The average molecular weight is 182 g/mol. The Kier molecular flexibility index (Phi) is 4.50. The van der Waals surface area contributed by atoms with Crippen molar-refractivity contribution in [3.63, 3.8) is 0 Å². The fourth-order valence-electron chi connectivity index (χ4n) is 0.680. The van der Waals surface area contributed by atoms with Crippen LogP contribution < -0.4 is 10.6 Å². The fourth-order valence-corrected chi connectivity index (χ4v) is 0.680. The molecule has 0 aliphatic carbocycles. The van der Waals surface area contributed by atoms with Crippen molar-refractivity contribution in [1.82, 2.24) is 10.6 Å². The van der Waals surface area contributed by atoms with Gasteiger partial charge in [0, 0.05) is 5.54 Å². The third kappa shape index (κ3) is 7.35. The summed E-state index contributed by atoms with van der Waals surface area (Å²) in [4.78, 5) is 11.2. The number of terminal acetylenes is 1. The zero-order valence-corrected chi connectivity index (χ0v) is 8.77. The Morgan fingerprint density at radius 3 is 2.46 bits per heavy atom. The molecular formula is C10H18N2O. The molecule has 0 saturated heterocycles. The molecule has 3 heteroatoms. The monoisotopic (exact) mass is 182 g/mol. The molecule has 0 aliphatic rings. The topological polar surface area (TPSA) is 41.1 Å². The summed E-state index contributed by atoms with van der Waals surface area (Å²) in [6, 6.07) is -0.200. The molecule has 1 amide bonds. The maximum Gasteiger partial charge on any atom is 0.234 e. The van der Waals surface area contributed by atoms with E-state index in [0.29, 0.717) is 6.54 Å². The lowest BCUT2D eigenvalue weighted by molar-refractivity contribution is -0.120. The first-order valence-electron chi connectivity index (χ1n) is 4.35. The van der Waals surface area contributed by atoms with Crippen molar-refractivity contribution in [2.75, 3.05) is 6.54 Å². The van der Waals surface area contributed by atoms with Crippen LogP contribution in [0.15, 0.2) is 0 Å². The average Bonchev–Trinajstić information content (AvgIpc) is 1.99. The van der Waals surface area contributed by atoms with E-state index in [4.69, 9.17) is 6.42 Å². The maximum absolute atomic E-state index is 11.2. The van der Waals surface area contributed by atoms with Crippen molar-refractivity contribution in [3.05, 3.63) is 0 Å². The van der Waals surface area contributed by atoms with Gasteiger partial charge < -0.3 is 10.6 Å². The first-order valence-corrected chi connectivity index (χ1v) is 4.35. The van der Waals surface area contributed by atoms with Crippen LogP contribution >= 0.6 is 0 Å². The van der Waals surface area contributed by atoms with E-state index in [9.17, 15) is 4.79 Å². The summed E-state index contributed by atoms with van der Waals surface area (Å²) in [5, 5.41) is 5.74. The van der Waals surface area contributed by atoms with Crippen LogP contribution in [0.1, 0.15) is 27.7 Å². The highest BCUT2D eigenvalue weighted by atomic mass is 16.1. The predicted octanol–water partition coefficient (Wildman–Crippen LogP) is 0.512. The second-order valence-corrected chi connectivity index (χ2v) is 4.06. The molecule has 2 N–H and O–H groups in total. The number of amides is 1. The predicted molar refractivity (Wildman–Crippen MR) is 54.2 cm³/mol. The Morgan fingerprint density at radius 2 is 2.08 bits per heavy atom. The highest BCUT2D eigenvalue weighted by molar-refractivity contribution is 5.78. The molecule has 0 aromatic carbocycles. The number of carbonyl (C=O) groups is 1. The van der Waals surface area contributed by atoms with Crippen LogP contribution in [0.2, 0.25) is 0 Å². The van der Waals surface area contributed by atoms with Crippen molar-refractivity contribution in [2.24, 2.45) is 0 Å². The Balaban J connectivity index is 3.72. The van der Waals surface area contributed by atoms with E-state index in [1.165, 1.54) is 0 Å². The highest BCUT2D eigenvalue weighted by Gasteiger charge is 2.11. The molecule has 0 spiro atoms. The number of rotatable bonds is 3. The van der Waals surface area contributed by atoms with E-state index in [0.717, 1.165) is 0 Å². The molecule has 3 nitrogen and oxygen atoms in total. The van der Waals surface area contributed by atoms with Crippen LogP contribution in [0.25, 0.3) is 0 Å². The lowest BCUT2D eigenvalue weighted by Gasteiger charge is -2.20. The lowest BCUT2D eigenvalue weighted by atomic mass is 10.1. The van der Waals surface area contributed by atoms with Gasteiger partial charge in [-0.1, -0.05) is 5.92 Å². The van der Waals surface area contributed by atoms with Crippen LogP contribution in [0.3, 0.4) is 0 Å². The molecule has 1 atom stereocenters. The van der Waals surface area contributed by atoms with Crippen molar-refractivity contribution in [3.8, 4) is 12.3 Å². The van der Waals surface area contributed by atoms with Gasteiger partial charge in [-0.3, -0.25) is 4.79 Å². The van der Waals surface area contributed by atoms with Crippen LogP contribution in [-0.2, 0) is 4.79 Å². The number of hydrogen-bond donors (Lipinski definition) is 2. The molecule has 0 radical (unpaired) electrons. The Labute approximate surface area is 80.3 Å². The van der Waals surface area contributed by atoms with Gasteiger partial charge in [0.25, 0.3) is 0 Å². The largest absolute Gasteiger partial charge is 0.342 e. The standard InChI is InChI=1S/C10H18N2O/c1-6-8(2)12-9(13)7-11-10(3,4)5/h1,8,11H,7H2,2-5H3,(H,12,13). The van der Waals surface area contributed by atoms with Gasteiger partial charge in [-0.2, -0.15) is 0 Å². The van der Waals surface area contributed by atoms with Gasteiger partial charge in [0.15, 0.2) is 0 Å². The Bertz CT molecular complexity index is 210. The molecule has 0 aromatic rings. The quantitative estimate of drug-likeness (QED) is 0.624. The normalized spacial score (nSPS) is 13.2. The van der Waals surface area contributed by atoms with E-state index < -0.39 is 0 Å². The van der Waals surface area contributed by atoms with Crippen LogP contribution in [0, 0.1) is 12.3 Å². The molecule has 0 heterocycles. The van der Waals surface area contributed by atoms with E-state index in [1.54, 1.807) is 6.92 Å². The van der Waals surface area contributed by atoms with Gasteiger partial charge in [-0.15, -0.1) is 6.42 Å². The summed E-state index contributed by atoms with van der Waals surface area (Å²) in [7, 11) is 0. The molecular weight excluding hydrogens is 164 g/mol. The van der Waals surface area contributed by atoms with E-state index >= 15 is 0 Å². The van der Waals surface area contributed by atoms with Gasteiger partial charge >= 0.3 is 0 Å². The molecule has 0 aliphatic heterocycles. The third-order valence-electron chi connectivity index (χ3n) is 1.41. The summed E-state index contributed by atoms with van der Waals surface area (Å²) in [6.45, 7) is 8.09.